The van der Waals surface area contributed by atoms with E-state index in [9.17, 15) is 8.42 Å². The van der Waals surface area contributed by atoms with Crippen LogP contribution in [-0.2, 0) is 10.0 Å². The first kappa shape index (κ1) is 19.9. The average molecular weight is 472 g/mol. The number of anilines is 1. The van der Waals surface area contributed by atoms with E-state index in [1.54, 1.807) is 30.3 Å². The zero-order chi connectivity index (χ0) is 17.9. The lowest BCUT2D eigenvalue weighted by Crippen LogP contribution is -2.39. The Hall–Kier alpha value is -0.460. The van der Waals surface area contributed by atoms with Crippen molar-refractivity contribution in [2.45, 2.75) is 24.3 Å². The molecule has 0 amide bonds. The molecule has 0 N–H and O–H groups in total. The van der Waals surface area contributed by atoms with E-state index >= 15 is 0 Å². The maximum atomic E-state index is 13.2. The molecule has 0 aromatic heterocycles. The van der Waals surface area contributed by atoms with Crippen LogP contribution in [-0.4, -0.2) is 19.8 Å². The number of benzene rings is 2. The molecule has 0 heterocycles. The van der Waals surface area contributed by atoms with E-state index in [1.165, 1.54) is 16.4 Å². The highest BCUT2D eigenvalue weighted by Gasteiger charge is 2.30. The fourth-order valence-corrected chi connectivity index (χ4v) is 5.16. The summed E-state index contributed by atoms with van der Waals surface area (Å²) in [4.78, 5) is 0.143. The summed E-state index contributed by atoms with van der Waals surface area (Å²) in [7, 11) is -3.82. The van der Waals surface area contributed by atoms with E-state index in [-0.39, 0.29) is 10.9 Å². The summed E-state index contributed by atoms with van der Waals surface area (Å²) in [6.07, 6.45) is 0.607. The van der Waals surface area contributed by atoms with Gasteiger partial charge in [-0.25, -0.2) is 8.42 Å². The molecule has 24 heavy (non-hydrogen) atoms. The maximum Gasteiger partial charge on any atom is 0.264 e. The van der Waals surface area contributed by atoms with Crippen LogP contribution in [0.4, 0.5) is 5.69 Å². The van der Waals surface area contributed by atoms with Crippen LogP contribution in [0.1, 0.15) is 13.3 Å². The molecule has 0 saturated carbocycles. The Morgan fingerprint density at radius 3 is 2.21 bits per heavy atom. The predicted molar refractivity (Wildman–Crippen MR) is 105 cm³/mol. The molecule has 0 bridgehead atoms. The molecule has 0 aliphatic heterocycles. The lowest BCUT2D eigenvalue weighted by atomic mass is 10.2. The molecule has 1 atom stereocenters. The highest BCUT2D eigenvalue weighted by Crippen LogP contribution is 2.35. The van der Waals surface area contributed by atoms with Crippen LogP contribution in [0, 0.1) is 0 Å². The number of hydrogen-bond acceptors (Lipinski definition) is 2. The van der Waals surface area contributed by atoms with E-state index in [4.69, 9.17) is 34.8 Å². The van der Waals surface area contributed by atoms with Gasteiger partial charge in [0.25, 0.3) is 10.0 Å². The first-order valence-electron chi connectivity index (χ1n) is 7.08. The van der Waals surface area contributed by atoms with E-state index < -0.39 is 10.0 Å². The molecule has 130 valence electrons. The second-order valence-corrected chi connectivity index (χ2v) is 9.07. The molecule has 3 nitrogen and oxygen atoms in total. The van der Waals surface area contributed by atoms with Gasteiger partial charge >= 0.3 is 0 Å². The minimum Gasteiger partial charge on any atom is -0.262 e. The Kier molecular flexibility index (Phi) is 6.85. The van der Waals surface area contributed by atoms with Crippen molar-refractivity contribution in [3.63, 3.8) is 0 Å². The minimum atomic E-state index is -3.82. The Balaban J connectivity index is 2.61. The van der Waals surface area contributed by atoms with E-state index in [1.807, 2.05) is 6.92 Å². The molecule has 0 aliphatic carbocycles. The van der Waals surface area contributed by atoms with Crippen molar-refractivity contribution in [2.75, 3.05) is 9.64 Å². The zero-order valence-corrected chi connectivity index (χ0v) is 17.4. The molecule has 0 fully saturated rings. The van der Waals surface area contributed by atoms with Crippen molar-refractivity contribution >= 4 is 66.4 Å². The van der Waals surface area contributed by atoms with Crippen LogP contribution in [0.25, 0.3) is 0 Å². The van der Waals surface area contributed by atoms with Gasteiger partial charge in [0.15, 0.2) is 0 Å². The van der Waals surface area contributed by atoms with Gasteiger partial charge in [0.1, 0.15) is 0 Å². The molecule has 0 spiro atoms. The second-order valence-electron chi connectivity index (χ2n) is 5.18. The fraction of sp³-hybridized carbons (Fsp3) is 0.250. The van der Waals surface area contributed by atoms with Gasteiger partial charge in [-0.05, 0) is 55.8 Å². The third-order valence-corrected chi connectivity index (χ3v) is 6.65. The zero-order valence-electron chi connectivity index (χ0n) is 12.7. The van der Waals surface area contributed by atoms with Gasteiger partial charge in [-0.2, -0.15) is 0 Å². The lowest BCUT2D eigenvalue weighted by molar-refractivity contribution is 0.577. The number of sulfonamides is 1. The van der Waals surface area contributed by atoms with Crippen molar-refractivity contribution in [1.29, 1.82) is 0 Å². The Morgan fingerprint density at radius 2 is 1.62 bits per heavy atom. The van der Waals surface area contributed by atoms with E-state index in [0.29, 0.717) is 32.5 Å². The van der Waals surface area contributed by atoms with E-state index in [2.05, 4.69) is 15.9 Å². The van der Waals surface area contributed by atoms with Crippen molar-refractivity contribution in [3.05, 3.63) is 57.5 Å². The van der Waals surface area contributed by atoms with Gasteiger partial charge in [-0.1, -0.05) is 50.7 Å². The summed E-state index contributed by atoms with van der Waals surface area (Å²) in [5, 5.41) is 1.85. The second kappa shape index (κ2) is 8.28. The average Bonchev–Trinajstić information content (AvgIpc) is 2.51. The van der Waals surface area contributed by atoms with Crippen molar-refractivity contribution in [2.24, 2.45) is 0 Å². The van der Waals surface area contributed by atoms with Gasteiger partial charge in [0.2, 0.25) is 0 Å². The molecule has 0 aliphatic rings. The smallest absolute Gasteiger partial charge is 0.262 e. The van der Waals surface area contributed by atoms with Crippen LogP contribution in [0.5, 0.6) is 0 Å². The third kappa shape index (κ3) is 4.38. The largest absolute Gasteiger partial charge is 0.264 e. The minimum absolute atomic E-state index is 0.143. The maximum absolute atomic E-state index is 13.2. The van der Waals surface area contributed by atoms with Gasteiger partial charge in [0, 0.05) is 21.4 Å². The quantitative estimate of drug-likeness (QED) is 0.484. The fourth-order valence-electron chi connectivity index (χ4n) is 2.25. The van der Waals surface area contributed by atoms with Gasteiger partial charge < -0.3 is 0 Å². The first-order valence-corrected chi connectivity index (χ1v) is 10.8. The van der Waals surface area contributed by atoms with Gasteiger partial charge in [-0.3, -0.25) is 4.31 Å². The number of rotatable bonds is 6. The highest BCUT2D eigenvalue weighted by atomic mass is 79.9. The molecular formula is C16H15BrCl3NO2S. The van der Waals surface area contributed by atoms with Crippen molar-refractivity contribution in [1.82, 2.24) is 0 Å². The van der Waals surface area contributed by atoms with Crippen LogP contribution in [0.3, 0.4) is 0 Å². The standard InChI is InChI=1S/C16H15BrCl3NO2S/c1-11(8-9-17)21(16-10-13(19)4-7-15(16)20)24(22,23)14-5-2-12(18)3-6-14/h2-7,10-11H,8-9H2,1H3. The highest BCUT2D eigenvalue weighted by molar-refractivity contribution is 9.09. The number of alkyl halides is 1. The Bertz CT molecular complexity index is 813. The summed E-state index contributed by atoms with van der Waals surface area (Å²) >= 11 is 21.5. The van der Waals surface area contributed by atoms with E-state index in [0.717, 1.165) is 0 Å². The molecule has 1 unspecified atom stereocenters. The summed E-state index contributed by atoms with van der Waals surface area (Å²) in [5.41, 5.74) is 0.354. The van der Waals surface area contributed by atoms with Gasteiger partial charge in [-0.15, -0.1) is 0 Å². The van der Waals surface area contributed by atoms with Crippen LogP contribution in [0.2, 0.25) is 15.1 Å². The third-order valence-electron chi connectivity index (χ3n) is 3.44. The molecule has 2 rings (SSSR count). The number of halogens is 4. The lowest BCUT2D eigenvalue weighted by Gasteiger charge is -2.31. The molecule has 0 radical (unpaired) electrons. The van der Waals surface area contributed by atoms with Crippen molar-refractivity contribution in [3.8, 4) is 0 Å². The number of nitrogens with zero attached hydrogens (tertiary/aromatic N) is 1. The molecular weight excluding hydrogens is 457 g/mol. The van der Waals surface area contributed by atoms with Crippen LogP contribution in [0.15, 0.2) is 47.4 Å². The Labute approximate surface area is 165 Å². The number of hydrogen-bond donors (Lipinski definition) is 0. The summed E-state index contributed by atoms with van der Waals surface area (Å²) in [6, 6.07) is 10.5. The monoisotopic (exact) mass is 469 g/mol. The molecule has 8 heteroatoms. The van der Waals surface area contributed by atoms with Gasteiger partial charge in [0.05, 0.1) is 15.6 Å². The summed E-state index contributed by atoms with van der Waals surface area (Å²) in [6.45, 7) is 1.83. The normalized spacial score (nSPS) is 12.9. The summed E-state index contributed by atoms with van der Waals surface area (Å²) < 4.78 is 27.7. The van der Waals surface area contributed by atoms with Crippen LogP contribution < -0.4 is 4.31 Å². The first-order chi connectivity index (χ1) is 11.3. The molecule has 2 aromatic rings. The predicted octanol–water partition coefficient (Wildman–Crippen LogP) is 6.02. The SMILES string of the molecule is CC(CCBr)N(c1cc(Cl)ccc1Cl)S(=O)(=O)c1ccc(Cl)cc1. The summed E-state index contributed by atoms with van der Waals surface area (Å²) in [5.74, 6) is 0. The molecule has 2 aromatic carbocycles. The topological polar surface area (TPSA) is 37.4 Å². The Morgan fingerprint density at radius 1 is 1.04 bits per heavy atom. The van der Waals surface area contributed by atoms with Crippen LogP contribution >= 0.6 is 50.7 Å². The molecule has 0 saturated heterocycles. The van der Waals surface area contributed by atoms with Crippen molar-refractivity contribution < 1.29 is 8.42 Å².